The lowest BCUT2D eigenvalue weighted by Crippen LogP contribution is -2.06. The molecule has 5 nitrogen and oxygen atoms in total. The van der Waals surface area contributed by atoms with Crippen LogP contribution in [0.4, 0.5) is 0 Å². The molecular formula is C12H14ClN3O2. The Bertz CT molecular complexity index is 528. The van der Waals surface area contributed by atoms with E-state index in [1.165, 1.54) is 0 Å². The van der Waals surface area contributed by atoms with Crippen LogP contribution in [-0.4, -0.2) is 16.7 Å². The van der Waals surface area contributed by atoms with E-state index < -0.39 is 0 Å². The second-order valence-corrected chi connectivity index (χ2v) is 4.18. The number of hydrogen-bond acceptors (Lipinski definition) is 5. The first-order valence-corrected chi connectivity index (χ1v) is 5.98. The topological polar surface area (TPSA) is 74.2 Å². The quantitative estimate of drug-likeness (QED) is 0.898. The van der Waals surface area contributed by atoms with Crippen molar-refractivity contribution in [2.75, 3.05) is 6.54 Å². The number of aryl methyl sites for hydroxylation is 1. The second-order valence-electron chi connectivity index (χ2n) is 3.77. The predicted molar refractivity (Wildman–Crippen MR) is 67.6 cm³/mol. The summed E-state index contributed by atoms with van der Waals surface area (Å²) in [6.07, 6.45) is 0.667. The molecule has 0 radical (unpaired) electrons. The van der Waals surface area contributed by atoms with Crippen molar-refractivity contribution in [3.8, 4) is 5.75 Å². The van der Waals surface area contributed by atoms with Crippen LogP contribution < -0.4 is 10.5 Å². The van der Waals surface area contributed by atoms with E-state index in [1.54, 1.807) is 6.92 Å². The van der Waals surface area contributed by atoms with Crippen molar-refractivity contribution in [1.82, 2.24) is 10.1 Å². The zero-order chi connectivity index (χ0) is 13.0. The summed E-state index contributed by atoms with van der Waals surface area (Å²) in [5.74, 6) is 1.73. The Morgan fingerprint density at radius 3 is 2.94 bits per heavy atom. The number of benzene rings is 1. The van der Waals surface area contributed by atoms with Crippen LogP contribution in [0.25, 0.3) is 0 Å². The molecule has 0 spiro atoms. The van der Waals surface area contributed by atoms with Crippen molar-refractivity contribution in [2.24, 2.45) is 5.73 Å². The minimum atomic E-state index is 0.245. The van der Waals surface area contributed by atoms with E-state index in [1.807, 2.05) is 18.2 Å². The molecular weight excluding hydrogens is 254 g/mol. The number of hydrogen-bond donors (Lipinski definition) is 1. The van der Waals surface area contributed by atoms with E-state index in [2.05, 4.69) is 10.1 Å². The summed E-state index contributed by atoms with van der Waals surface area (Å²) in [6, 6.07) is 5.50. The highest BCUT2D eigenvalue weighted by molar-refractivity contribution is 6.31. The van der Waals surface area contributed by atoms with Gasteiger partial charge in [-0.2, -0.15) is 4.98 Å². The summed E-state index contributed by atoms with van der Waals surface area (Å²) in [5.41, 5.74) is 6.46. The summed E-state index contributed by atoms with van der Waals surface area (Å²) >= 11 is 6.11. The van der Waals surface area contributed by atoms with Gasteiger partial charge in [-0.25, -0.2) is 0 Å². The molecule has 0 fully saturated rings. The molecule has 0 aliphatic carbocycles. The highest BCUT2D eigenvalue weighted by Crippen LogP contribution is 2.27. The van der Waals surface area contributed by atoms with Crippen LogP contribution in [0.15, 0.2) is 22.7 Å². The van der Waals surface area contributed by atoms with Gasteiger partial charge < -0.3 is 15.0 Å². The van der Waals surface area contributed by atoms with E-state index in [4.69, 9.17) is 26.6 Å². The Kier molecular flexibility index (Phi) is 4.17. The summed E-state index contributed by atoms with van der Waals surface area (Å²) in [7, 11) is 0. The molecule has 2 aromatic rings. The average molecular weight is 268 g/mol. The molecule has 0 aliphatic rings. The van der Waals surface area contributed by atoms with Crippen LogP contribution >= 0.6 is 11.6 Å². The first-order chi connectivity index (χ1) is 8.70. The van der Waals surface area contributed by atoms with Crippen LogP contribution in [0, 0.1) is 6.92 Å². The number of aromatic nitrogens is 2. The lowest BCUT2D eigenvalue weighted by molar-refractivity contribution is 0.283. The van der Waals surface area contributed by atoms with Gasteiger partial charge in [-0.1, -0.05) is 22.8 Å². The van der Waals surface area contributed by atoms with Crippen LogP contribution in [0.2, 0.25) is 5.02 Å². The van der Waals surface area contributed by atoms with Crippen molar-refractivity contribution < 1.29 is 9.26 Å². The zero-order valence-corrected chi connectivity index (χ0v) is 10.8. The first-order valence-electron chi connectivity index (χ1n) is 5.60. The molecule has 0 atom stereocenters. The molecule has 6 heteroatoms. The van der Waals surface area contributed by atoms with E-state index in [9.17, 15) is 0 Å². The lowest BCUT2D eigenvalue weighted by atomic mass is 10.1. The van der Waals surface area contributed by atoms with Crippen LogP contribution in [0.5, 0.6) is 5.75 Å². The van der Waals surface area contributed by atoms with Gasteiger partial charge in [0.25, 0.3) is 0 Å². The number of nitrogens with zero attached hydrogens (tertiary/aromatic N) is 2. The average Bonchev–Trinajstić information content (AvgIpc) is 2.76. The first kappa shape index (κ1) is 12.9. The monoisotopic (exact) mass is 267 g/mol. The number of halogens is 1. The summed E-state index contributed by atoms with van der Waals surface area (Å²) < 4.78 is 10.5. The maximum absolute atomic E-state index is 6.11. The Balaban J connectivity index is 2.11. The molecule has 18 heavy (non-hydrogen) atoms. The number of nitrogens with two attached hydrogens (primary N) is 1. The van der Waals surface area contributed by atoms with Crippen molar-refractivity contribution in [2.45, 2.75) is 20.0 Å². The Morgan fingerprint density at radius 2 is 2.28 bits per heavy atom. The van der Waals surface area contributed by atoms with Crippen LogP contribution in [0.1, 0.15) is 17.3 Å². The van der Waals surface area contributed by atoms with Gasteiger partial charge in [0.1, 0.15) is 5.75 Å². The van der Waals surface area contributed by atoms with E-state index >= 15 is 0 Å². The Morgan fingerprint density at radius 1 is 1.44 bits per heavy atom. The number of rotatable bonds is 5. The van der Waals surface area contributed by atoms with Crippen molar-refractivity contribution in [3.05, 3.63) is 40.5 Å². The van der Waals surface area contributed by atoms with Crippen molar-refractivity contribution in [3.63, 3.8) is 0 Å². The molecule has 2 rings (SSSR count). The van der Waals surface area contributed by atoms with Crippen LogP contribution in [0.3, 0.4) is 0 Å². The predicted octanol–water partition coefficient (Wildman–Crippen LogP) is 2.11. The largest absolute Gasteiger partial charge is 0.485 e. The third kappa shape index (κ3) is 3.00. The summed E-state index contributed by atoms with van der Waals surface area (Å²) in [6.45, 7) is 2.49. The van der Waals surface area contributed by atoms with Gasteiger partial charge in [-0.3, -0.25) is 0 Å². The second kappa shape index (κ2) is 5.84. The standard InChI is InChI=1S/C12H14ClN3O2/c1-8-15-12(16-18-8)7-17-11-4-2-3-10(13)9(11)5-6-14/h2-4H,5-7,14H2,1H3. The van der Waals surface area contributed by atoms with Gasteiger partial charge in [0.15, 0.2) is 6.61 Å². The molecule has 1 aromatic heterocycles. The van der Waals surface area contributed by atoms with Gasteiger partial charge in [-0.05, 0) is 25.1 Å². The third-order valence-electron chi connectivity index (χ3n) is 2.40. The molecule has 1 aromatic carbocycles. The highest BCUT2D eigenvalue weighted by atomic mass is 35.5. The van der Waals surface area contributed by atoms with Crippen molar-refractivity contribution in [1.29, 1.82) is 0 Å². The summed E-state index contributed by atoms with van der Waals surface area (Å²) in [4.78, 5) is 4.06. The fourth-order valence-electron chi connectivity index (χ4n) is 1.60. The smallest absolute Gasteiger partial charge is 0.223 e. The molecule has 96 valence electrons. The fourth-order valence-corrected chi connectivity index (χ4v) is 1.86. The molecule has 0 unspecified atom stereocenters. The van der Waals surface area contributed by atoms with E-state index in [-0.39, 0.29) is 6.61 Å². The van der Waals surface area contributed by atoms with Gasteiger partial charge in [0.2, 0.25) is 11.7 Å². The highest BCUT2D eigenvalue weighted by Gasteiger charge is 2.09. The Labute approximate surface area is 110 Å². The lowest BCUT2D eigenvalue weighted by Gasteiger charge is -2.10. The molecule has 2 N–H and O–H groups in total. The van der Waals surface area contributed by atoms with Gasteiger partial charge in [0, 0.05) is 17.5 Å². The van der Waals surface area contributed by atoms with Gasteiger partial charge in [0.05, 0.1) is 0 Å². The Hall–Kier alpha value is -1.59. The SMILES string of the molecule is Cc1nc(COc2cccc(Cl)c2CCN)no1. The van der Waals surface area contributed by atoms with Gasteiger partial charge in [-0.15, -0.1) is 0 Å². The fraction of sp³-hybridized carbons (Fsp3) is 0.333. The van der Waals surface area contributed by atoms with E-state index in [0.717, 1.165) is 5.56 Å². The summed E-state index contributed by atoms with van der Waals surface area (Å²) in [5, 5.41) is 4.41. The third-order valence-corrected chi connectivity index (χ3v) is 2.75. The minimum Gasteiger partial charge on any atom is -0.485 e. The molecule has 0 aliphatic heterocycles. The molecule has 1 heterocycles. The molecule has 0 bridgehead atoms. The van der Waals surface area contributed by atoms with Crippen molar-refractivity contribution >= 4 is 11.6 Å². The minimum absolute atomic E-state index is 0.245. The molecule has 0 amide bonds. The molecule has 0 saturated carbocycles. The number of ether oxygens (including phenoxy) is 1. The normalized spacial score (nSPS) is 10.6. The van der Waals surface area contributed by atoms with Crippen LogP contribution in [-0.2, 0) is 13.0 Å². The maximum atomic E-state index is 6.11. The van der Waals surface area contributed by atoms with E-state index in [0.29, 0.717) is 35.5 Å². The zero-order valence-electron chi connectivity index (χ0n) is 10.0. The molecule has 0 saturated heterocycles. The van der Waals surface area contributed by atoms with Gasteiger partial charge >= 0.3 is 0 Å². The maximum Gasteiger partial charge on any atom is 0.223 e.